The smallest absolute Gasteiger partial charge is 0.354 e. The van der Waals surface area contributed by atoms with Gasteiger partial charge in [-0.1, -0.05) is 0 Å². The molecule has 0 rings (SSSR count). The number of hydrogen-bond acceptors (Lipinski definition) is 4. The molecule has 0 radical (unpaired) electrons. The first kappa shape index (κ1) is 8.68. The second-order valence-electron chi connectivity index (χ2n) is 1.51. The van der Waals surface area contributed by atoms with Gasteiger partial charge in [0.1, 0.15) is 5.70 Å². The van der Waals surface area contributed by atoms with Crippen LogP contribution in [-0.4, -0.2) is 18.8 Å². The van der Waals surface area contributed by atoms with E-state index in [-0.39, 0.29) is 5.70 Å². The Morgan fingerprint density at radius 3 is 2.80 bits per heavy atom. The van der Waals surface area contributed by atoms with Crippen LogP contribution < -0.4 is 5.73 Å². The molecule has 0 aliphatic heterocycles. The minimum atomic E-state index is -0.578. The summed E-state index contributed by atoms with van der Waals surface area (Å²) < 4.78 is 4.52. The first-order valence-corrected chi connectivity index (χ1v) is 2.85. The minimum Gasteiger partial charge on any atom is -0.461 e. The molecule has 0 aromatic rings. The summed E-state index contributed by atoms with van der Waals surface area (Å²) in [7, 11) is 0. The molecule has 0 aromatic carbocycles. The van der Waals surface area contributed by atoms with Crippen molar-refractivity contribution >= 4 is 12.2 Å². The summed E-state index contributed by atoms with van der Waals surface area (Å²) in [6.07, 6.45) is 2.12. The van der Waals surface area contributed by atoms with Gasteiger partial charge in [0.05, 0.1) is 6.61 Å². The summed E-state index contributed by atoms with van der Waals surface area (Å²) in [6, 6.07) is 0. The lowest BCUT2D eigenvalue weighted by molar-refractivity contribution is -0.138. The number of carbonyl (C=O) groups is 1. The Kier molecular flexibility index (Phi) is 3.95. The molecule has 0 atom stereocenters. The van der Waals surface area contributed by atoms with Crippen LogP contribution in [0.25, 0.3) is 0 Å². The molecule has 4 nitrogen and oxygen atoms in total. The summed E-state index contributed by atoms with van der Waals surface area (Å²) in [5.41, 5.74) is 5.10. The van der Waals surface area contributed by atoms with Gasteiger partial charge in [-0.25, -0.2) is 4.79 Å². The molecule has 0 amide bonds. The molecule has 0 unspecified atom stereocenters. The molecule has 56 valence electrons. The highest BCUT2D eigenvalue weighted by Gasteiger charge is 2.02. The van der Waals surface area contributed by atoms with E-state index in [9.17, 15) is 4.79 Å². The molecule has 0 saturated heterocycles. The molecule has 0 fully saturated rings. The van der Waals surface area contributed by atoms with Gasteiger partial charge in [0, 0.05) is 6.21 Å². The van der Waals surface area contributed by atoms with Crippen molar-refractivity contribution < 1.29 is 9.53 Å². The summed E-state index contributed by atoms with van der Waals surface area (Å²) in [6.45, 7) is 1.99. The maximum Gasteiger partial charge on any atom is 0.354 e. The van der Waals surface area contributed by atoms with Crippen LogP contribution in [0, 0.1) is 5.41 Å². The molecule has 0 saturated carbocycles. The monoisotopic (exact) mass is 142 g/mol. The molecular formula is C6H10N2O2. The van der Waals surface area contributed by atoms with Crippen LogP contribution in [0.4, 0.5) is 0 Å². The number of esters is 1. The third-order valence-electron chi connectivity index (χ3n) is 0.774. The number of ether oxygens (including phenoxy) is 1. The zero-order valence-electron chi connectivity index (χ0n) is 5.76. The quantitative estimate of drug-likeness (QED) is 0.332. The molecule has 0 heterocycles. The predicted octanol–water partition coefficient (Wildman–Crippen LogP) is 0.0417. The Bertz CT molecular complexity index is 163. The van der Waals surface area contributed by atoms with Crippen molar-refractivity contribution in [1.82, 2.24) is 0 Å². The molecule has 0 bridgehead atoms. The predicted molar refractivity (Wildman–Crippen MR) is 37.7 cm³/mol. The Hall–Kier alpha value is -1.32. The number of nitrogens with one attached hydrogen (secondary N) is 1. The van der Waals surface area contributed by atoms with Crippen LogP contribution in [-0.2, 0) is 9.53 Å². The SMILES string of the molecule is CCOC(=O)C(N)=CC=N. The molecule has 0 aliphatic carbocycles. The third kappa shape index (κ3) is 2.86. The number of nitrogens with two attached hydrogens (primary N) is 1. The highest BCUT2D eigenvalue weighted by atomic mass is 16.5. The van der Waals surface area contributed by atoms with E-state index in [0.29, 0.717) is 6.61 Å². The fraction of sp³-hybridized carbons (Fsp3) is 0.333. The first-order chi connectivity index (χ1) is 4.72. The summed E-state index contributed by atoms with van der Waals surface area (Å²) >= 11 is 0. The van der Waals surface area contributed by atoms with Gasteiger partial charge in [-0.3, -0.25) is 0 Å². The van der Waals surface area contributed by atoms with Crippen molar-refractivity contribution in [3.05, 3.63) is 11.8 Å². The van der Waals surface area contributed by atoms with E-state index in [0.717, 1.165) is 6.21 Å². The van der Waals surface area contributed by atoms with E-state index in [1.807, 2.05) is 0 Å². The van der Waals surface area contributed by atoms with Crippen LogP contribution in [0.3, 0.4) is 0 Å². The van der Waals surface area contributed by atoms with Gasteiger partial charge in [0.25, 0.3) is 0 Å². The first-order valence-electron chi connectivity index (χ1n) is 2.85. The number of allylic oxidation sites excluding steroid dienone is 1. The van der Waals surface area contributed by atoms with Crippen molar-refractivity contribution in [1.29, 1.82) is 5.41 Å². The summed E-state index contributed by atoms with van der Waals surface area (Å²) in [5.74, 6) is -0.578. The molecular weight excluding hydrogens is 132 g/mol. The standard InChI is InChI=1S/C6H10N2O2/c1-2-10-6(9)5(8)3-4-7/h3-4,7H,2,8H2,1H3. The fourth-order valence-electron chi connectivity index (χ4n) is 0.372. The topological polar surface area (TPSA) is 76.2 Å². The van der Waals surface area contributed by atoms with Crippen molar-refractivity contribution in [3.8, 4) is 0 Å². The lowest BCUT2D eigenvalue weighted by atomic mass is 10.4. The van der Waals surface area contributed by atoms with Crippen LogP contribution in [0.2, 0.25) is 0 Å². The highest BCUT2D eigenvalue weighted by molar-refractivity contribution is 5.91. The van der Waals surface area contributed by atoms with Gasteiger partial charge in [-0.2, -0.15) is 0 Å². The second kappa shape index (κ2) is 4.55. The van der Waals surface area contributed by atoms with Crippen LogP contribution in [0.1, 0.15) is 6.92 Å². The minimum absolute atomic E-state index is 0.0446. The number of carbonyl (C=O) groups excluding carboxylic acids is 1. The van der Waals surface area contributed by atoms with Crippen molar-refractivity contribution in [2.75, 3.05) is 6.61 Å². The Morgan fingerprint density at radius 1 is 1.80 bits per heavy atom. The zero-order chi connectivity index (χ0) is 7.98. The lowest BCUT2D eigenvalue weighted by Gasteiger charge is -1.98. The molecule has 0 aliphatic rings. The largest absolute Gasteiger partial charge is 0.461 e. The van der Waals surface area contributed by atoms with Gasteiger partial charge in [-0.15, -0.1) is 0 Å². The van der Waals surface area contributed by atoms with E-state index in [1.165, 1.54) is 6.08 Å². The van der Waals surface area contributed by atoms with Gasteiger partial charge in [0.2, 0.25) is 0 Å². The molecule has 10 heavy (non-hydrogen) atoms. The molecule has 4 heteroatoms. The van der Waals surface area contributed by atoms with E-state index in [1.54, 1.807) is 6.92 Å². The van der Waals surface area contributed by atoms with Gasteiger partial charge in [-0.05, 0) is 13.0 Å². The van der Waals surface area contributed by atoms with Crippen LogP contribution in [0.5, 0.6) is 0 Å². The van der Waals surface area contributed by atoms with E-state index in [4.69, 9.17) is 11.1 Å². The average molecular weight is 142 g/mol. The molecule has 0 aromatic heterocycles. The zero-order valence-corrected chi connectivity index (χ0v) is 5.76. The second-order valence-corrected chi connectivity index (χ2v) is 1.51. The average Bonchev–Trinajstić information content (AvgIpc) is 1.89. The van der Waals surface area contributed by atoms with Crippen molar-refractivity contribution in [2.24, 2.45) is 5.73 Å². The van der Waals surface area contributed by atoms with Gasteiger partial charge >= 0.3 is 5.97 Å². The van der Waals surface area contributed by atoms with Gasteiger partial charge in [0.15, 0.2) is 0 Å². The van der Waals surface area contributed by atoms with Crippen LogP contribution >= 0.6 is 0 Å². The molecule has 0 spiro atoms. The maximum atomic E-state index is 10.6. The molecule has 3 N–H and O–H groups in total. The number of rotatable bonds is 3. The lowest BCUT2D eigenvalue weighted by Crippen LogP contribution is -2.14. The fourth-order valence-corrected chi connectivity index (χ4v) is 0.372. The highest BCUT2D eigenvalue weighted by Crippen LogP contribution is 1.86. The Morgan fingerprint density at radius 2 is 2.40 bits per heavy atom. The number of hydrogen-bond donors (Lipinski definition) is 2. The van der Waals surface area contributed by atoms with E-state index >= 15 is 0 Å². The van der Waals surface area contributed by atoms with Crippen molar-refractivity contribution in [3.63, 3.8) is 0 Å². The Balaban J connectivity index is 3.93. The third-order valence-corrected chi connectivity index (χ3v) is 0.774. The maximum absolute atomic E-state index is 10.6. The summed E-state index contributed by atoms with van der Waals surface area (Å²) in [4.78, 5) is 10.6. The Labute approximate surface area is 59.2 Å². The van der Waals surface area contributed by atoms with Gasteiger partial charge < -0.3 is 15.9 Å². The van der Waals surface area contributed by atoms with Crippen molar-refractivity contribution in [2.45, 2.75) is 6.92 Å². The normalized spacial score (nSPS) is 10.7. The summed E-state index contributed by atoms with van der Waals surface area (Å²) in [5, 5.41) is 6.57. The van der Waals surface area contributed by atoms with Crippen LogP contribution in [0.15, 0.2) is 11.8 Å². The van der Waals surface area contributed by atoms with E-state index < -0.39 is 5.97 Å². The van der Waals surface area contributed by atoms with E-state index in [2.05, 4.69) is 4.74 Å².